The summed E-state index contributed by atoms with van der Waals surface area (Å²) in [5.74, 6) is -0.449. The predicted octanol–water partition coefficient (Wildman–Crippen LogP) is -0.268. The Morgan fingerprint density at radius 2 is 2.07 bits per heavy atom. The van der Waals surface area contributed by atoms with Gasteiger partial charge in [-0.15, -0.1) is 0 Å². The van der Waals surface area contributed by atoms with Crippen LogP contribution in [0.2, 0.25) is 0 Å². The quantitative estimate of drug-likeness (QED) is 0.642. The molecule has 0 spiro atoms. The molecule has 1 unspecified atom stereocenters. The number of ether oxygens (including phenoxy) is 2. The standard InChI is InChI=1S/C9H18N2O3/c10-7(9(11)12)3-1-4-8-13-5-2-6-14-8/h7-8H,1-6,10H2,(H2,11,12). The number of nitrogens with two attached hydrogens (primary N) is 2. The molecular formula is C9H18N2O3. The Labute approximate surface area is 83.7 Å². The molecule has 1 rings (SSSR count). The molecule has 1 saturated heterocycles. The summed E-state index contributed by atoms with van der Waals surface area (Å²) in [7, 11) is 0. The number of carbonyl (C=O) groups excluding carboxylic acids is 1. The molecule has 0 saturated carbocycles. The highest BCUT2D eigenvalue weighted by atomic mass is 16.7. The minimum atomic E-state index is -0.543. The molecule has 5 heteroatoms. The van der Waals surface area contributed by atoms with E-state index in [0.29, 0.717) is 6.42 Å². The highest BCUT2D eigenvalue weighted by molar-refractivity contribution is 5.79. The van der Waals surface area contributed by atoms with Crippen molar-refractivity contribution in [2.45, 2.75) is 38.0 Å². The molecule has 1 atom stereocenters. The van der Waals surface area contributed by atoms with Crippen molar-refractivity contribution in [3.63, 3.8) is 0 Å². The van der Waals surface area contributed by atoms with Crippen molar-refractivity contribution in [3.8, 4) is 0 Å². The van der Waals surface area contributed by atoms with Crippen molar-refractivity contribution >= 4 is 5.91 Å². The molecular weight excluding hydrogens is 184 g/mol. The molecule has 5 nitrogen and oxygen atoms in total. The van der Waals surface area contributed by atoms with Gasteiger partial charge in [-0.2, -0.15) is 0 Å². The van der Waals surface area contributed by atoms with Gasteiger partial charge in [0.1, 0.15) is 0 Å². The van der Waals surface area contributed by atoms with Crippen molar-refractivity contribution in [1.29, 1.82) is 0 Å². The van der Waals surface area contributed by atoms with Crippen LogP contribution in [-0.4, -0.2) is 31.5 Å². The third-order valence-corrected chi connectivity index (χ3v) is 2.22. The maximum absolute atomic E-state index is 10.6. The lowest BCUT2D eigenvalue weighted by Crippen LogP contribution is -2.36. The number of rotatable bonds is 5. The van der Waals surface area contributed by atoms with Crippen LogP contribution < -0.4 is 11.5 Å². The molecule has 0 radical (unpaired) electrons. The van der Waals surface area contributed by atoms with E-state index in [9.17, 15) is 4.79 Å². The van der Waals surface area contributed by atoms with Crippen molar-refractivity contribution in [3.05, 3.63) is 0 Å². The molecule has 4 N–H and O–H groups in total. The van der Waals surface area contributed by atoms with Gasteiger partial charge in [-0.1, -0.05) is 0 Å². The van der Waals surface area contributed by atoms with E-state index in [0.717, 1.165) is 32.5 Å². The van der Waals surface area contributed by atoms with Gasteiger partial charge in [-0.3, -0.25) is 4.79 Å². The largest absolute Gasteiger partial charge is 0.368 e. The predicted molar refractivity (Wildman–Crippen MR) is 51.3 cm³/mol. The van der Waals surface area contributed by atoms with Gasteiger partial charge in [0.25, 0.3) is 0 Å². The molecule has 1 amide bonds. The number of primary amides is 1. The minimum Gasteiger partial charge on any atom is -0.368 e. The monoisotopic (exact) mass is 202 g/mol. The van der Waals surface area contributed by atoms with Crippen LogP contribution in [0.4, 0.5) is 0 Å². The lowest BCUT2D eigenvalue weighted by molar-refractivity contribution is -0.181. The summed E-state index contributed by atoms with van der Waals surface area (Å²) in [6.07, 6.45) is 3.01. The average Bonchev–Trinajstić information content (AvgIpc) is 2.19. The second-order valence-corrected chi connectivity index (χ2v) is 3.46. The summed E-state index contributed by atoms with van der Waals surface area (Å²) in [4.78, 5) is 10.6. The van der Waals surface area contributed by atoms with Crippen LogP contribution in [0.25, 0.3) is 0 Å². The van der Waals surface area contributed by atoms with Gasteiger partial charge in [-0.25, -0.2) is 0 Å². The lowest BCUT2D eigenvalue weighted by atomic mass is 10.1. The summed E-state index contributed by atoms with van der Waals surface area (Å²) in [5.41, 5.74) is 10.5. The molecule has 14 heavy (non-hydrogen) atoms. The molecule has 0 aliphatic carbocycles. The molecule has 1 fully saturated rings. The van der Waals surface area contributed by atoms with Crippen molar-refractivity contribution < 1.29 is 14.3 Å². The van der Waals surface area contributed by atoms with E-state index in [4.69, 9.17) is 20.9 Å². The van der Waals surface area contributed by atoms with E-state index in [2.05, 4.69) is 0 Å². The molecule has 1 heterocycles. The maximum atomic E-state index is 10.6. The minimum absolute atomic E-state index is 0.121. The zero-order valence-electron chi connectivity index (χ0n) is 8.28. The van der Waals surface area contributed by atoms with E-state index in [1.54, 1.807) is 0 Å². The highest BCUT2D eigenvalue weighted by Crippen LogP contribution is 2.12. The van der Waals surface area contributed by atoms with Crippen LogP contribution in [0.1, 0.15) is 25.7 Å². The normalized spacial score (nSPS) is 20.6. The number of hydrogen-bond donors (Lipinski definition) is 2. The van der Waals surface area contributed by atoms with Gasteiger partial charge < -0.3 is 20.9 Å². The first-order valence-corrected chi connectivity index (χ1v) is 4.98. The second kappa shape index (κ2) is 5.95. The molecule has 1 aliphatic heterocycles. The first kappa shape index (κ1) is 11.4. The van der Waals surface area contributed by atoms with Gasteiger partial charge >= 0.3 is 0 Å². The SMILES string of the molecule is NC(=O)C(N)CCCC1OCCCO1. The van der Waals surface area contributed by atoms with Crippen LogP contribution >= 0.6 is 0 Å². The van der Waals surface area contributed by atoms with Crippen molar-refractivity contribution in [2.24, 2.45) is 11.5 Å². The van der Waals surface area contributed by atoms with Gasteiger partial charge in [0.05, 0.1) is 19.3 Å². The molecule has 0 aromatic heterocycles. The Balaban J connectivity index is 2.05. The third-order valence-electron chi connectivity index (χ3n) is 2.22. The van der Waals surface area contributed by atoms with E-state index >= 15 is 0 Å². The first-order chi connectivity index (χ1) is 6.70. The number of carbonyl (C=O) groups is 1. The Kier molecular flexibility index (Phi) is 4.86. The molecule has 82 valence electrons. The lowest BCUT2D eigenvalue weighted by Gasteiger charge is -2.23. The van der Waals surface area contributed by atoms with Crippen LogP contribution in [0.3, 0.4) is 0 Å². The summed E-state index contributed by atoms with van der Waals surface area (Å²) in [5, 5.41) is 0. The Morgan fingerprint density at radius 1 is 1.43 bits per heavy atom. The van der Waals surface area contributed by atoms with Gasteiger partial charge in [0, 0.05) is 0 Å². The maximum Gasteiger partial charge on any atom is 0.234 e. The Bertz CT molecular complexity index is 181. The molecule has 0 aromatic rings. The van der Waals surface area contributed by atoms with E-state index < -0.39 is 11.9 Å². The van der Waals surface area contributed by atoms with Crippen molar-refractivity contribution in [1.82, 2.24) is 0 Å². The smallest absolute Gasteiger partial charge is 0.234 e. The van der Waals surface area contributed by atoms with E-state index in [1.807, 2.05) is 0 Å². The highest BCUT2D eigenvalue weighted by Gasteiger charge is 2.15. The van der Waals surface area contributed by atoms with E-state index in [-0.39, 0.29) is 6.29 Å². The fourth-order valence-electron chi connectivity index (χ4n) is 1.35. The topological polar surface area (TPSA) is 87.6 Å². The van der Waals surface area contributed by atoms with Gasteiger partial charge in [-0.05, 0) is 25.7 Å². The van der Waals surface area contributed by atoms with Crippen molar-refractivity contribution in [2.75, 3.05) is 13.2 Å². The van der Waals surface area contributed by atoms with Crippen LogP contribution in [0.15, 0.2) is 0 Å². The number of hydrogen-bond acceptors (Lipinski definition) is 4. The summed E-state index contributed by atoms with van der Waals surface area (Å²) >= 11 is 0. The summed E-state index contributed by atoms with van der Waals surface area (Å²) < 4.78 is 10.7. The van der Waals surface area contributed by atoms with Crippen LogP contribution in [0, 0.1) is 0 Å². The zero-order chi connectivity index (χ0) is 10.4. The zero-order valence-corrected chi connectivity index (χ0v) is 8.28. The van der Waals surface area contributed by atoms with E-state index in [1.165, 1.54) is 0 Å². The van der Waals surface area contributed by atoms with Crippen LogP contribution in [0.5, 0.6) is 0 Å². The fraction of sp³-hybridized carbons (Fsp3) is 0.889. The molecule has 0 aromatic carbocycles. The Hall–Kier alpha value is -0.650. The van der Waals surface area contributed by atoms with Crippen LogP contribution in [-0.2, 0) is 14.3 Å². The Morgan fingerprint density at radius 3 is 2.64 bits per heavy atom. The summed E-state index contributed by atoms with van der Waals surface area (Å²) in [6.45, 7) is 1.51. The summed E-state index contributed by atoms with van der Waals surface area (Å²) in [6, 6.07) is -0.543. The number of amides is 1. The fourth-order valence-corrected chi connectivity index (χ4v) is 1.35. The first-order valence-electron chi connectivity index (χ1n) is 4.98. The third kappa shape index (κ3) is 4.04. The van der Waals surface area contributed by atoms with Gasteiger partial charge in [0.2, 0.25) is 5.91 Å². The molecule has 0 bridgehead atoms. The van der Waals surface area contributed by atoms with Gasteiger partial charge in [0.15, 0.2) is 6.29 Å². The molecule has 1 aliphatic rings. The average molecular weight is 202 g/mol. The second-order valence-electron chi connectivity index (χ2n) is 3.46.